The molecule has 0 bridgehead atoms. The molecule has 1 aliphatic heterocycles. The summed E-state index contributed by atoms with van der Waals surface area (Å²) < 4.78 is 0. The largest absolute Gasteiger partial charge is 0.366 e. The lowest BCUT2D eigenvalue weighted by Crippen LogP contribution is -2.36. The van der Waals surface area contributed by atoms with Crippen molar-refractivity contribution in [2.24, 2.45) is 17.4 Å². The lowest BCUT2D eigenvalue weighted by molar-refractivity contribution is 0.1000. The first-order chi connectivity index (χ1) is 8.70. The molecule has 18 heavy (non-hydrogen) atoms. The molecular weight excluding hydrogens is 228 g/mol. The Balaban J connectivity index is 2.10. The Bertz CT molecular complexity index is 419. The number of anilines is 1. The number of nitrogens with zero attached hydrogens (tertiary/aromatic N) is 2. The number of carbonyl (C=O) groups excluding carboxylic acids is 1. The second-order valence-corrected chi connectivity index (χ2v) is 4.80. The maximum Gasteiger partial charge on any atom is 0.248 e. The van der Waals surface area contributed by atoms with E-state index in [1.807, 2.05) is 0 Å². The Labute approximate surface area is 107 Å². The summed E-state index contributed by atoms with van der Waals surface area (Å²) in [4.78, 5) is 17.7. The van der Waals surface area contributed by atoms with Gasteiger partial charge in [0, 0.05) is 24.8 Å². The lowest BCUT2D eigenvalue weighted by atomic mass is 9.95. The molecule has 0 aromatic carbocycles. The zero-order chi connectivity index (χ0) is 13.0. The van der Waals surface area contributed by atoms with E-state index in [2.05, 4.69) is 9.88 Å². The van der Waals surface area contributed by atoms with E-state index in [4.69, 9.17) is 11.5 Å². The SMILES string of the molecule is NCCC1CCCN(c2cc(C(N)=O)ccn2)C1. The summed E-state index contributed by atoms with van der Waals surface area (Å²) in [6.45, 7) is 2.68. The van der Waals surface area contributed by atoms with Crippen LogP contribution in [0.25, 0.3) is 0 Å². The van der Waals surface area contributed by atoms with Crippen LogP contribution in [0.15, 0.2) is 18.3 Å². The normalized spacial score (nSPS) is 19.8. The number of primary amides is 1. The van der Waals surface area contributed by atoms with Crippen molar-refractivity contribution in [3.8, 4) is 0 Å². The minimum absolute atomic E-state index is 0.408. The summed E-state index contributed by atoms with van der Waals surface area (Å²) in [5, 5.41) is 0. The van der Waals surface area contributed by atoms with Crippen molar-refractivity contribution < 1.29 is 4.79 Å². The first-order valence-electron chi connectivity index (χ1n) is 6.41. The van der Waals surface area contributed by atoms with Gasteiger partial charge < -0.3 is 16.4 Å². The van der Waals surface area contributed by atoms with Crippen molar-refractivity contribution in [1.29, 1.82) is 0 Å². The molecule has 1 aromatic heterocycles. The van der Waals surface area contributed by atoms with Gasteiger partial charge in [0.25, 0.3) is 0 Å². The van der Waals surface area contributed by atoms with Gasteiger partial charge in [0.2, 0.25) is 5.91 Å². The highest BCUT2D eigenvalue weighted by atomic mass is 16.1. The second kappa shape index (κ2) is 5.82. The van der Waals surface area contributed by atoms with Gasteiger partial charge in [0.15, 0.2) is 0 Å². The van der Waals surface area contributed by atoms with Gasteiger partial charge in [-0.2, -0.15) is 0 Å². The molecule has 5 nitrogen and oxygen atoms in total. The van der Waals surface area contributed by atoms with E-state index in [0.717, 1.165) is 38.3 Å². The van der Waals surface area contributed by atoms with Gasteiger partial charge in [-0.1, -0.05) is 0 Å². The second-order valence-electron chi connectivity index (χ2n) is 4.80. The molecule has 5 heteroatoms. The summed E-state index contributed by atoms with van der Waals surface area (Å²) in [5.41, 5.74) is 11.4. The van der Waals surface area contributed by atoms with Crippen molar-refractivity contribution >= 4 is 11.7 Å². The van der Waals surface area contributed by atoms with Gasteiger partial charge >= 0.3 is 0 Å². The lowest BCUT2D eigenvalue weighted by Gasteiger charge is -2.33. The number of aromatic nitrogens is 1. The molecule has 1 fully saturated rings. The number of amides is 1. The number of hydrogen-bond donors (Lipinski definition) is 2. The molecule has 2 rings (SSSR count). The maximum atomic E-state index is 11.2. The van der Waals surface area contributed by atoms with E-state index < -0.39 is 5.91 Å². The van der Waals surface area contributed by atoms with Crippen molar-refractivity contribution in [1.82, 2.24) is 4.98 Å². The van der Waals surface area contributed by atoms with Crippen LogP contribution in [0.4, 0.5) is 5.82 Å². The van der Waals surface area contributed by atoms with Gasteiger partial charge in [-0.15, -0.1) is 0 Å². The van der Waals surface area contributed by atoms with Crippen LogP contribution in [0, 0.1) is 5.92 Å². The molecule has 0 radical (unpaired) electrons. The summed E-state index contributed by atoms with van der Waals surface area (Å²) in [6.07, 6.45) is 5.06. The molecule has 1 atom stereocenters. The molecule has 98 valence electrons. The number of rotatable bonds is 4. The minimum Gasteiger partial charge on any atom is -0.366 e. The van der Waals surface area contributed by atoms with Crippen molar-refractivity contribution in [3.63, 3.8) is 0 Å². The molecular formula is C13H20N4O. The molecule has 1 saturated heterocycles. The molecule has 0 aliphatic carbocycles. The summed E-state index contributed by atoms with van der Waals surface area (Å²) in [5.74, 6) is 1.06. The molecule has 0 spiro atoms. The number of piperidine rings is 1. The Morgan fingerprint density at radius 2 is 2.39 bits per heavy atom. The number of hydrogen-bond acceptors (Lipinski definition) is 4. The van der Waals surface area contributed by atoms with Crippen LogP contribution in [0.5, 0.6) is 0 Å². The van der Waals surface area contributed by atoms with Crippen LogP contribution in [0.1, 0.15) is 29.6 Å². The molecule has 1 unspecified atom stereocenters. The molecule has 4 N–H and O–H groups in total. The number of carbonyl (C=O) groups is 1. The predicted molar refractivity (Wildman–Crippen MR) is 71.4 cm³/mol. The predicted octanol–water partition coefficient (Wildman–Crippen LogP) is 0.746. The van der Waals surface area contributed by atoms with Crippen LogP contribution >= 0.6 is 0 Å². The third kappa shape index (κ3) is 2.98. The van der Waals surface area contributed by atoms with Crippen LogP contribution in [0.2, 0.25) is 0 Å². The van der Waals surface area contributed by atoms with E-state index in [-0.39, 0.29) is 0 Å². The Kier molecular flexibility index (Phi) is 4.15. The fourth-order valence-corrected chi connectivity index (χ4v) is 2.49. The number of nitrogens with two attached hydrogens (primary N) is 2. The highest BCUT2D eigenvalue weighted by molar-refractivity contribution is 5.93. The van der Waals surface area contributed by atoms with E-state index >= 15 is 0 Å². The smallest absolute Gasteiger partial charge is 0.248 e. The third-order valence-corrected chi connectivity index (χ3v) is 3.45. The average Bonchev–Trinajstić information content (AvgIpc) is 2.39. The van der Waals surface area contributed by atoms with Crippen LogP contribution < -0.4 is 16.4 Å². The van der Waals surface area contributed by atoms with Crippen molar-refractivity contribution in [2.45, 2.75) is 19.3 Å². The first kappa shape index (κ1) is 12.8. The van der Waals surface area contributed by atoms with Gasteiger partial charge in [0.1, 0.15) is 5.82 Å². The van der Waals surface area contributed by atoms with Gasteiger partial charge in [0.05, 0.1) is 0 Å². The molecule has 1 aliphatic rings. The Hall–Kier alpha value is -1.62. The molecule has 1 aromatic rings. The molecule has 2 heterocycles. The monoisotopic (exact) mass is 248 g/mol. The Morgan fingerprint density at radius 1 is 1.56 bits per heavy atom. The van der Waals surface area contributed by atoms with Crippen LogP contribution in [-0.4, -0.2) is 30.5 Å². The minimum atomic E-state index is -0.408. The fraction of sp³-hybridized carbons (Fsp3) is 0.538. The standard InChI is InChI=1S/C13H20N4O/c14-5-3-10-2-1-7-17(9-10)12-8-11(13(15)18)4-6-16-12/h4,6,8,10H,1-3,5,7,9,14H2,(H2,15,18). The highest BCUT2D eigenvalue weighted by Gasteiger charge is 2.20. The maximum absolute atomic E-state index is 11.2. The topological polar surface area (TPSA) is 85.2 Å². The summed E-state index contributed by atoms with van der Waals surface area (Å²) >= 11 is 0. The van der Waals surface area contributed by atoms with Gasteiger partial charge in [-0.25, -0.2) is 4.98 Å². The van der Waals surface area contributed by atoms with E-state index in [1.165, 1.54) is 6.42 Å². The molecule has 1 amide bonds. The zero-order valence-corrected chi connectivity index (χ0v) is 10.5. The third-order valence-electron chi connectivity index (χ3n) is 3.45. The van der Waals surface area contributed by atoms with Crippen molar-refractivity contribution in [3.05, 3.63) is 23.9 Å². The summed E-state index contributed by atoms with van der Waals surface area (Å²) in [6, 6.07) is 3.42. The highest BCUT2D eigenvalue weighted by Crippen LogP contribution is 2.23. The summed E-state index contributed by atoms with van der Waals surface area (Å²) in [7, 11) is 0. The van der Waals surface area contributed by atoms with Crippen molar-refractivity contribution in [2.75, 3.05) is 24.5 Å². The first-order valence-corrected chi connectivity index (χ1v) is 6.41. The number of pyridine rings is 1. The van der Waals surface area contributed by atoms with Crippen LogP contribution in [-0.2, 0) is 0 Å². The Morgan fingerprint density at radius 3 is 3.11 bits per heavy atom. The van der Waals surface area contributed by atoms with Crippen LogP contribution in [0.3, 0.4) is 0 Å². The zero-order valence-electron chi connectivity index (χ0n) is 10.5. The quantitative estimate of drug-likeness (QED) is 0.823. The molecule has 0 saturated carbocycles. The van der Waals surface area contributed by atoms with Gasteiger partial charge in [-0.3, -0.25) is 4.79 Å². The van der Waals surface area contributed by atoms with Gasteiger partial charge in [-0.05, 0) is 43.9 Å². The van der Waals surface area contributed by atoms with E-state index in [0.29, 0.717) is 11.5 Å². The average molecular weight is 248 g/mol. The van der Waals surface area contributed by atoms with E-state index in [1.54, 1.807) is 18.3 Å². The van der Waals surface area contributed by atoms with E-state index in [9.17, 15) is 4.79 Å². The fourth-order valence-electron chi connectivity index (χ4n) is 2.49.